The van der Waals surface area contributed by atoms with E-state index < -0.39 is 5.91 Å². The van der Waals surface area contributed by atoms with Gasteiger partial charge in [-0.3, -0.25) is 9.59 Å². The minimum Gasteiger partial charge on any atom is -0.495 e. The van der Waals surface area contributed by atoms with Gasteiger partial charge in [-0.1, -0.05) is 29.8 Å². The average Bonchev–Trinajstić information content (AvgIpc) is 3.10. The molecule has 0 radical (unpaired) electrons. The zero-order valence-electron chi connectivity index (χ0n) is 16.4. The molecule has 4 rings (SSSR count). The Morgan fingerprint density at radius 2 is 1.93 bits per heavy atom. The summed E-state index contributed by atoms with van der Waals surface area (Å²) >= 11 is 6.07. The molecule has 2 aliphatic rings. The summed E-state index contributed by atoms with van der Waals surface area (Å²) in [6.07, 6.45) is 3.39. The van der Waals surface area contributed by atoms with Crippen molar-refractivity contribution < 1.29 is 9.53 Å². The van der Waals surface area contributed by atoms with Crippen LogP contribution in [0.5, 0.6) is 5.75 Å². The number of fused-ring (bicyclic) bond motifs is 1. The van der Waals surface area contributed by atoms with Crippen LogP contribution in [0.2, 0.25) is 5.02 Å². The molecule has 0 saturated heterocycles. The number of hydrogen-bond acceptors (Lipinski definition) is 4. The number of carbonyl (C=O) groups is 1. The fraction of sp³-hybridized carbons (Fsp3) is 0.136. The van der Waals surface area contributed by atoms with Crippen molar-refractivity contribution in [3.05, 3.63) is 81.9 Å². The maximum Gasteiger partial charge on any atom is 0.282 e. The molecule has 0 unspecified atom stereocenters. The number of hydrogen-bond donors (Lipinski definition) is 1. The third-order valence-corrected chi connectivity index (χ3v) is 4.98. The second-order valence-electron chi connectivity index (χ2n) is 6.62. The molecular formula is C22H19ClN4O3. The molecule has 2 heterocycles. The van der Waals surface area contributed by atoms with E-state index in [1.165, 1.54) is 11.8 Å². The average molecular weight is 423 g/mol. The van der Waals surface area contributed by atoms with Gasteiger partial charge in [-0.05, 0) is 37.3 Å². The predicted molar refractivity (Wildman–Crippen MR) is 116 cm³/mol. The number of anilines is 1. The largest absolute Gasteiger partial charge is 0.495 e. The normalized spacial score (nSPS) is 10.9. The lowest BCUT2D eigenvalue weighted by Crippen LogP contribution is -2.17. The zero-order chi connectivity index (χ0) is 21.3. The van der Waals surface area contributed by atoms with Crippen molar-refractivity contribution in [3.8, 4) is 22.7 Å². The van der Waals surface area contributed by atoms with Gasteiger partial charge in [0.2, 0.25) is 0 Å². The fourth-order valence-corrected chi connectivity index (χ4v) is 3.39. The summed E-state index contributed by atoms with van der Waals surface area (Å²) in [6.45, 7) is 2.52. The maximum absolute atomic E-state index is 13.2. The van der Waals surface area contributed by atoms with Gasteiger partial charge in [0.1, 0.15) is 11.4 Å². The Balaban J connectivity index is 1.83. The molecule has 0 aliphatic carbocycles. The van der Waals surface area contributed by atoms with Gasteiger partial charge >= 0.3 is 0 Å². The van der Waals surface area contributed by atoms with Crippen LogP contribution in [0.15, 0.2) is 65.7 Å². The van der Waals surface area contributed by atoms with Crippen LogP contribution in [0.3, 0.4) is 0 Å². The van der Waals surface area contributed by atoms with E-state index in [2.05, 4.69) is 10.4 Å². The number of methoxy groups -OCH3 is 1. The third kappa shape index (κ3) is 3.55. The Hall–Kier alpha value is -3.58. The lowest BCUT2D eigenvalue weighted by molar-refractivity contribution is 0.102. The van der Waals surface area contributed by atoms with Crippen molar-refractivity contribution in [1.29, 1.82) is 0 Å². The quantitative estimate of drug-likeness (QED) is 0.525. The molecule has 152 valence electrons. The summed E-state index contributed by atoms with van der Waals surface area (Å²) in [5, 5.41) is 7.73. The van der Waals surface area contributed by atoms with E-state index in [1.807, 2.05) is 25.1 Å². The van der Waals surface area contributed by atoms with E-state index in [0.29, 0.717) is 39.9 Å². The number of ether oxygens (including phenoxy) is 1. The Kier molecular flexibility index (Phi) is 5.29. The van der Waals surface area contributed by atoms with Crippen LogP contribution in [-0.4, -0.2) is 27.4 Å². The molecule has 0 saturated carbocycles. The van der Waals surface area contributed by atoms with Crippen molar-refractivity contribution in [2.45, 2.75) is 13.5 Å². The first kappa shape index (κ1) is 19.7. The lowest BCUT2D eigenvalue weighted by atomic mass is 10.1. The molecule has 0 atom stereocenters. The molecule has 0 aromatic heterocycles. The summed E-state index contributed by atoms with van der Waals surface area (Å²) in [4.78, 5) is 26.2. The molecular weight excluding hydrogens is 404 g/mol. The van der Waals surface area contributed by atoms with Crippen LogP contribution in [0.1, 0.15) is 17.3 Å². The summed E-state index contributed by atoms with van der Waals surface area (Å²) in [5.41, 5.74) is 1.75. The summed E-state index contributed by atoms with van der Waals surface area (Å²) in [5.74, 6) is 0.0590. The smallest absolute Gasteiger partial charge is 0.282 e. The number of nitrogens with one attached hydrogen (secondary N) is 1. The number of para-hydroxylation sites is 1. The van der Waals surface area contributed by atoms with Crippen molar-refractivity contribution in [2.24, 2.45) is 0 Å². The molecule has 0 spiro atoms. The number of rotatable bonds is 5. The fourth-order valence-electron chi connectivity index (χ4n) is 3.22. The summed E-state index contributed by atoms with van der Waals surface area (Å²) in [7, 11) is 1.51. The topological polar surface area (TPSA) is 78.2 Å². The van der Waals surface area contributed by atoms with Gasteiger partial charge in [0.05, 0.1) is 29.6 Å². The molecule has 0 fully saturated rings. The number of carbonyl (C=O) groups excluding carboxylic acids is 1. The van der Waals surface area contributed by atoms with Crippen molar-refractivity contribution in [1.82, 2.24) is 14.3 Å². The second-order valence-corrected chi connectivity index (χ2v) is 7.05. The van der Waals surface area contributed by atoms with Crippen molar-refractivity contribution >= 4 is 23.2 Å². The molecule has 1 N–H and O–H groups in total. The summed E-state index contributed by atoms with van der Waals surface area (Å²) < 4.78 is 8.39. The molecule has 0 bridgehead atoms. The zero-order valence-corrected chi connectivity index (χ0v) is 17.2. The van der Waals surface area contributed by atoms with Crippen LogP contribution in [-0.2, 0) is 6.54 Å². The van der Waals surface area contributed by atoms with E-state index in [1.54, 1.807) is 47.3 Å². The Morgan fingerprint density at radius 1 is 1.17 bits per heavy atom. The Labute approximate surface area is 177 Å². The van der Waals surface area contributed by atoms with E-state index in [-0.39, 0.29) is 11.1 Å². The number of halogens is 1. The van der Waals surface area contributed by atoms with Crippen molar-refractivity contribution in [2.75, 3.05) is 12.4 Å². The number of pyridine rings is 1. The highest BCUT2D eigenvalue weighted by Crippen LogP contribution is 2.29. The highest BCUT2D eigenvalue weighted by Gasteiger charge is 2.25. The maximum atomic E-state index is 13.2. The first-order valence-electron chi connectivity index (χ1n) is 9.35. The Morgan fingerprint density at radius 3 is 2.63 bits per heavy atom. The Bertz CT molecular complexity index is 1250. The highest BCUT2D eigenvalue weighted by atomic mass is 35.5. The summed E-state index contributed by atoms with van der Waals surface area (Å²) in [6, 6.07) is 14.0. The molecule has 1 amide bonds. The molecule has 7 nitrogen and oxygen atoms in total. The minimum absolute atomic E-state index is 0.281. The third-order valence-electron chi connectivity index (χ3n) is 4.74. The molecule has 30 heavy (non-hydrogen) atoms. The van der Waals surface area contributed by atoms with Gasteiger partial charge in [0, 0.05) is 24.0 Å². The molecule has 2 aromatic rings. The standard InChI is InChI=1S/C22H19ClN4O3/c1-3-26-12-16(21(28)24-18-11-14(23)9-10-19(18)30-2)20-17(13-26)22(29)27(25-20)15-7-5-4-6-8-15/h4-13H,3H2,1-2H3,(H,24,28). The number of benzene rings is 2. The number of amides is 1. The van der Waals surface area contributed by atoms with Gasteiger partial charge in [-0.15, -0.1) is 0 Å². The van der Waals surface area contributed by atoms with E-state index >= 15 is 0 Å². The van der Waals surface area contributed by atoms with E-state index in [0.717, 1.165) is 0 Å². The monoisotopic (exact) mass is 422 g/mol. The molecule has 2 aromatic carbocycles. The number of aryl methyl sites for hydroxylation is 1. The minimum atomic E-state index is -0.416. The number of nitrogens with zero attached hydrogens (tertiary/aromatic N) is 3. The van der Waals surface area contributed by atoms with Crippen LogP contribution in [0, 0.1) is 0 Å². The lowest BCUT2D eigenvalue weighted by Gasteiger charge is -2.13. The van der Waals surface area contributed by atoms with Gasteiger partial charge in [0.15, 0.2) is 0 Å². The first-order chi connectivity index (χ1) is 14.5. The van der Waals surface area contributed by atoms with Crippen LogP contribution in [0.4, 0.5) is 5.69 Å². The SMILES string of the molecule is CCn1cc(C(=O)Nc2cc(Cl)ccc2OC)c2nn(-c3ccccc3)c(=O)c-2c1. The van der Waals surface area contributed by atoms with Gasteiger partial charge in [-0.2, -0.15) is 9.78 Å². The molecule has 8 heteroatoms. The highest BCUT2D eigenvalue weighted by molar-refractivity contribution is 6.31. The van der Waals surface area contributed by atoms with Gasteiger partial charge in [0.25, 0.3) is 11.5 Å². The number of aromatic nitrogens is 3. The first-order valence-corrected chi connectivity index (χ1v) is 9.72. The van der Waals surface area contributed by atoms with Crippen LogP contribution >= 0.6 is 11.6 Å². The van der Waals surface area contributed by atoms with E-state index in [9.17, 15) is 9.59 Å². The predicted octanol–water partition coefficient (Wildman–Crippen LogP) is 4.07. The van der Waals surface area contributed by atoms with E-state index in [4.69, 9.17) is 16.3 Å². The van der Waals surface area contributed by atoms with Crippen LogP contribution in [0.25, 0.3) is 16.9 Å². The molecule has 2 aliphatic heterocycles. The van der Waals surface area contributed by atoms with Gasteiger partial charge in [-0.25, -0.2) is 0 Å². The van der Waals surface area contributed by atoms with Gasteiger partial charge < -0.3 is 14.6 Å². The van der Waals surface area contributed by atoms with Crippen molar-refractivity contribution in [3.63, 3.8) is 0 Å². The van der Waals surface area contributed by atoms with Crippen LogP contribution < -0.4 is 15.6 Å². The second kappa shape index (κ2) is 8.04.